The lowest BCUT2D eigenvalue weighted by molar-refractivity contribution is -0.131. The van der Waals surface area contributed by atoms with Gasteiger partial charge < -0.3 is 14.9 Å². The molecule has 7 heteroatoms. The number of benzene rings is 2. The lowest BCUT2D eigenvalue weighted by Gasteiger charge is -2.36. The number of hydrogen-bond donors (Lipinski definition) is 1. The summed E-state index contributed by atoms with van der Waals surface area (Å²) in [5, 5.41) is 8.89. The monoisotopic (exact) mass is 374 g/mol. The Morgan fingerprint density at radius 3 is 2.26 bits per heavy atom. The predicted molar refractivity (Wildman–Crippen MR) is 96.9 cm³/mol. The molecule has 0 saturated carbocycles. The van der Waals surface area contributed by atoms with Crippen LogP contribution in [0, 0.1) is 11.6 Å². The maximum absolute atomic E-state index is 13.9. The van der Waals surface area contributed by atoms with Crippen LogP contribution < -0.4 is 4.90 Å². The second-order valence-corrected chi connectivity index (χ2v) is 6.47. The minimum Gasteiger partial charge on any atom is -0.478 e. The van der Waals surface area contributed by atoms with Crippen LogP contribution in [0.4, 0.5) is 14.5 Å². The highest BCUT2D eigenvalue weighted by molar-refractivity contribution is 5.87. The Hall–Kier alpha value is -2.96. The summed E-state index contributed by atoms with van der Waals surface area (Å²) in [5.41, 5.74) is 1.33. The van der Waals surface area contributed by atoms with Crippen molar-refractivity contribution in [2.24, 2.45) is 0 Å². The summed E-state index contributed by atoms with van der Waals surface area (Å²) in [6.45, 7) is 1.79. The molecule has 1 heterocycles. The molecule has 1 aliphatic heterocycles. The van der Waals surface area contributed by atoms with Crippen molar-refractivity contribution in [1.29, 1.82) is 0 Å². The zero-order valence-corrected chi connectivity index (χ0v) is 14.7. The first-order valence-corrected chi connectivity index (χ1v) is 8.74. The van der Waals surface area contributed by atoms with E-state index in [4.69, 9.17) is 5.11 Å². The third-order valence-corrected chi connectivity index (χ3v) is 4.71. The molecule has 142 valence electrons. The number of carboxylic acid groups (broad SMARTS) is 1. The van der Waals surface area contributed by atoms with Crippen molar-refractivity contribution in [3.05, 3.63) is 65.2 Å². The minimum atomic E-state index is -0.981. The minimum absolute atomic E-state index is 0.00308. The van der Waals surface area contributed by atoms with Crippen molar-refractivity contribution in [2.75, 3.05) is 31.1 Å². The summed E-state index contributed by atoms with van der Waals surface area (Å²) in [5.74, 6) is -1.94. The average molecular weight is 374 g/mol. The van der Waals surface area contributed by atoms with E-state index in [1.54, 1.807) is 21.9 Å². The van der Waals surface area contributed by atoms with Crippen molar-refractivity contribution in [1.82, 2.24) is 4.90 Å². The van der Waals surface area contributed by atoms with Crippen molar-refractivity contribution >= 4 is 17.6 Å². The number of carbonyl (C=O) groups is 2. The zero-order chi connectivity index (χ0) is 19.4. The van der Waals surface area contributed by atoms with Crippen molar-refractivity contribution in [2.45, 2.75) is 12.8 Å². The van der Waals surface area contributed by atoms with Gasteiger partial charge in [-0.3, -0.25) is 4.79 Å². The molecule has 0 unspecified atom stereocenters. The first-order valence-electron chi connectivity index (χ1n) is 8.74. The van der Waals surface area contributed by atoms with Gasteiger partial charge >= 0.3 is 5.97 Å². The normalized spacial score (nSPS) is 14.3. The van der Waals surface area contributed by atoms with Crippen LogP contribution in [0.25, 0.3) is 0 Å². The first kappa shape index (κ1) is 18.8. The zero-order valence-electron chi connectivity index (χ0n) is 14.7. The molecule has 2 aromatic carbocycles. The van der Waals surface area contributed by atoms with E-state index < -0.39 is 17.6 Å². The van der Waals surface area contributed by atoms with Crippen LogP contribution in [0.5, 0.6) is 0 Å². The molecule has 1 saturated heterocycles. The number of halogens is 2. The van der Waals surface area contributed by atoms with Gasteiger partial charge in [0.05, 0.1) is 11.3 Å². The molecule has 3 rings (SSSR count). The van der Waals surface area contributed by atoms with Crippen LogP contribution in [0.2, 0.25) is 0 Å². The van der Waals surface area contributed by atoms with Gasteiger partial charge in [0.25, 0.3) is 0 Å². The molecular weight excluding hydrogens is 354 g/mol. The molecule has 1 N–H and O–H groups in total. The van der Waals surface area contributed by atoms with Crippen LogP contribution in [-0.2, 0) is 11.2 Å². The molecule has 0 spiro atoms. The smallest absolute Gasteiger partial charge is 0.335 e. The molecule has 5 nitrogen and oxygen atoms in total. The Balaban J connectivity index is 1.51. The SMILES string of the molecule is O=C(O)c1ccc(CCC(=O)N2CCN(c3cc(F)ccc3F)CC2)cc1. The van der Waals surface area contributed by atoms with E-state index in [1.807, 2.05) is 0 Å². The molecule has 0 bridgehead atoms. The molecule has 0 aromatic heterocycles. The number of anilines is 1. The van der Waals surface area contributed by atoms with Gasteiger partial charge in [0, 0.05) is 38.7 Å². The van der Waals surface area contributed by atoms with Gasteiger partial charge in [-0.1, -0.05) is 12.1 Å². The average Bonchev–Trinajstić information content (AvgIpc) is 2.68. The Morgan fingerprint density at radius 1 is 0.963 bits per heavy atom. The molecular formula is C20H20F2N2O3. The fraction of sp³-hybridized carbons (Fsp3) is 0.300. The number of carbonyl (C=O) groups excluding carboxylic acids is 1. The van der Waals surface area contributed by atoms with Crippen molar-refractivity contribution in [3.63, 3.8) is 0 Å². The summed E-state index contributed by atoms with van der Waals surface area (Å²) in [6.07, 6.45) is 0.845. The number of hydrogen-bond acceptors (Lipinski definition) is 3. The highest BCUT2D eigenvalue weighted by atomic mass is 19.1. The van der Waals surface area contributed by atoms with Gasteiger partial charge in [0.15, 0.2) is 0 Å². The summed E-state index contributed by atoms with van der Waals surface area (Å²) in [7, 11) is 0. The largest absolute Gasteiger partial charge is 0.478 e. The predicted octanol–water partition coefficient (Wildman–Crippen LogP) is 2.94. The number of rotatable bonds is 5. The van der Waals surface area contributed by atoms with Crippen LogP contribution in [0.1, 0.15) is 22.3 Å². The van der Waals surface area contributed by atoms with E-state index in [-0.39, 0.29) is 17.2 Å². The van der Waals surface area contributed by atoms with E-state index in [0.29, 0.717) is 39.0 Å². The topological polar surface area (TPSA) is 60.9 Å². The Kier molecular flexibility index (Phi) is 5.69. The molecule has 1 amide bonds. The van der Waals surface area contributed by atoms with E-state index in [0.717, 1.165) is 17.7 Å². The molecule has 1 aliphatic rings. The van der Waals surface area contributed by atoms with Crippen molar-refractivity contribution in [3.8, 4) is 0 Å². The summed E-state index contributed by atoms with van der Waals surface area (Å²) < 4.78 is 27.2. The number of aromatic carboxylic acids is 1. The van der Waals surface area contributed by atoms with Crippen LogP contribution in [0.3, 0.4) is 0 Å². The van der Waals surface area contributed by atoms with Crippen LogP contribution in [-0.4, -0.2) is 48.1 Å². The summed E-state index contributed by atoms with van der Waals surface area (Å²) >= 11 is 0. The molecule has 0 radical (unpaired) electrons. The van der Waals surface area contributed by atoms with Gasteiger partial charge in [0.2, 0.25) is 5.91 Å². The lowest BCUT2D eigenvalue weighted by atomic mass is 10.1. The maximum Gasteiger partial charge on any atom is 0.335 e. The highest BCUT2D eigenvalue weighted by Crippen LogP contribution is 2.22. The van der Waals surface area contributed by atoms with Gasteiger partial charge in [0.1, 0.15) is 11.6 Å². The molecule has 0 atom stereocenters. The van der Waals surface area contributed by atoms with Crippen molar-refractivity contribution < 1.29 is 23.5 Å². The standard InChI is InChI=1S/C20H20F2N2O3/c21-16-6-7-17(22)18(13-16)23-9-11-24(12-10-23)19(25)8-3-14-1-4-15(5-2-14)20(26)27/h1-2,4-7,13H,3,8-12H2,(H,26,27). The second kappa shape index (κ2) is 8.16. The number of piperazine rings is 1. The first-order chi connectivity index (χ1) is 12.9. The third-order valence-electron chi connectivity index (χ3n) is 4.71. The second-order valence-electron chi connectivity index (χ2n) is 6.47. The molecule has 2 aromatic rings. The fourth-order valence-electron chi connectivity index (χ4n) is 3.15. The van der Waals surface area contributed by atoms with Crippen LogP contribution in [0.15, 0.2) is 42.5 Å². The Labute approximate surface area is 155 Å². The Morgan fingerprint density at radius 2 is 1.63 bits per heavy atom. The third kappa shape index (κ3) is 4.61. The van der Waals surface area contributed by atoms with Gasteiger partial charge in [-0.25, -0.2) is 13.6 Å². The number of aryl methyl sites for hydroxylation is 1. The van der Waals surface area contributed by atoms with Crippen LogP contribution >= 0.6 is 0 Å². The molecule has 27 heavy (non-hydrogen) atoms. The summed E-state index contributed by atoms with van der Waals surface area (Å²) in [4.78, 5) is 26.7. The quantitative estimate of drug-likeness (QED) is 0.874. The van der Waals surface area contributed by atoms with E-state index in [9.17, 15) is 18.4 Å². The number of carboxylic acids is 1. The fourth-order valence-corrected chi connectivity index (χ4v) is 3.15. The number of amides is 1. The van der Waals surface area contributed by atoms with Gasteiger partial charge in [-0.15, -0.1) is 0 Å². The van der Waals surface area contributed by atoms with Gasteiger partial charge in [-0.05, 0) is 36.2 Å². The number of nitrogens with zero attached hydrogens (tertiary/aromatic N) is 2. The lowest BCUT2D eigenvalue weighted by Crippen LogP contribution is -2.49. The molecule has 0 aliphatic carbocycles. The van der Waals surface area contributed by atoms with E-state index in [2.05, 4.69) is 0 Å². The van der Waals surface area contributed by atoms with E-state index in [1.165, 1.54) is 18.2 Å². The maximum atomic E-state index is 13.9. The van der Waals surface area contributed by atoms with Gasteiger partial charge in [-0.2, -0.15) is 0 Å². The summed E-state index contributed by atoms with van der Waals surface area (Å²) in [6, 6.07) is 9.83. The van der Waals surface area contributed by atoms with E-state index >= 15 is 0 Å². The Bertz CT molecular complexity index is 832. The highest BCUT2D eigenvalue weighted by Gasteiger charge is 2.23. The molecule has 1 fully saturated rings.